The maximum absolute atomic E-state index is 4.91. The molecular weight excluding hydrogens is 244 g/mol. The van der Waals surface area contributed by atoms with Gasteiger partial charge in [-0.25, -0.2) is 4.98 Å². The topological polar surface area (TPSA) is 16.1 Å². The van der Waals surface area contributed by atoms with Crippen LogP contribution in [0.4, 0.5) is 5.69 Å². The molecule has 1 aliphatic rings. The first-order chi connectivity index (χ1) is 9.92. The number of nitrogens with zero attached hydrogens (tertiary/aromatic N) is 2. The van der Waals surface area contributed by atoms with Gasteiger partial charge < -0.3 is 4.90 Å². The molecule has 0 radical (unpaired) electrons. The zero-order chi connectivity index (χ0) is 13.4. The lowest BCUT2D eigenvalue weighted by Gasteiger charge is -2.29. The smallest absolute Gasteiger partial charge is 0.0943 e. The highest BCUT2D eigenvalue weighted by molar-refractivity contribution is 5.98. The number of aromatic nitrogens is 1. The molecule has 4 rings (SSSR count). The van der Waals surface area contributed by atoms with Crippen LogP contribution in [0, 0.1) is 0 Å². The predicted molar refractivity (Wildman–Crippen MR) is 85.3 cm³/mol. The van der Waals surface area contributed by atoms with Gasteiger partial charge in [0.15, 0.2) is 0 Å². The van der Waals surface area contributed by atoms with Gasteiger partial charge in [0.25, 0.3) is 0 Å². The lowest BCUT2D eigenvalue weighted by Crippen LogP contribution is -2.29. The van der Waals surface area contributed by atoms with E-state index in [0.29, 0.717) is 0 Å². The molecule has 20 heavy (non-hydrogen) atoms. The Balaban J connectivity index is 1.94. The minimum absolute atomic E-state index is 1.09. The molecular formula is C18H18N2. The van der Waals surface area contributed by atoms with E-state index in [1.165, 1.54) is 35.7 Å². The Morgan fingerprint density at radius 3 is 2.50 bits per heavy atom. The van der Waals surface area contributed by atoms with E-state index >= 15 is 0 Å². The molecule has 1 fully saturated rings. The second-order valence-electron chi connectivity index (χ2n) is 5.58. The fourth-order valence-electron chi connectivity index (χ4n) is 3.18. The monoisotopic (exact) mass is 262 g/mol. The molecule has 0 aliphatic carbocycles. The number of hydrogen-bond acceptors (Lipinski definition) is 2. The highest BCUT2D eigenvalue weighted by Crippen LogP contribution is 2.29. The van der Waals surface area contributed by atoms with Gasteiger partial charge in [0, 0.05) is 23.9 Å². The van der Waals surface area contributed by atoms with Gasteiger partial charge in [-0.1, -0.05) is 30.3 Å². The molecule has 0 atom stereocenters. The minimum Gasteiger partial charge on any atom is -0.370 e. The van der Waals surface area contributed by atoms with E-state index in [1.54, 1.807) is 0 Å². The standard InChI is InChI=1S/C18H18N2/c1-4-11-20(12-5-1)17-10-6-8-15-13-14-7-2-3-9-16(14)19-18(15)17/h2-3,6-10,13H,1,4-5,11-12H2. The van der Waals surface area contributed by atoms with Crippen LogP contribution < -0.4 is 4.90 Å². The molecule has 1 aliphatic heterocycles. The van der Waals surface area contributed by atoms with E-state index in [9.17, 15) is 0 Å². The number of piperidine rings is 1. The summed E-state index contributed by atoms with van der Waals surface area (Å²) in [5.74, 6) is 0. The van der Waals surface area contributed by atoms with Crippen LogP contribution in [0.2, 0.25) is 0 Å². The number of anilines is 1. The van der Waals surface area contributed by atoms with Crippen molar-refractivity contribution in [3.63, 3.8) is 0 Å². The first-order valence-electron chi connectivity index (χ1n) is 7.45. The third kappa shape index (κ3) is 1.92. The largest absolute Gasteiger partial charge is 0.370 e. The molecule has 1 aromatic heterocycles. The van der Waals surface area contributed by atoms with Crippen molar-refractivity contribution in [3.05, 3.63) is 48.5 Å². The van der Waals surface area contributed by atoms with Crippen LogP contribution in [0.15, 0.2) is 48.5 Å². The van der Waals surface area contributed by atoms with Crippen LogP contribution in [0.25, 0.3) is 21.8 Å². The Hall–Kier alpha value is -2.09. The van der Waals surface area contributed by atoms with Gasteiger partial charge in [-0.15, -0.1) is 0 Å². The van der Waals surface area contributed by atoms with Crippen molar-refractivity contribution < 1.29 is 0 Å². The zero-order valence-corrected chi connectivity index (χ0v) is 11.5. The number of benzene rings is 2. The number of pyridine rings is 1. The molecule has 3 aromatic rings. The maximum atomic E-state index is 4.91. The molecule has 100 valence electrons. The highest BCUT2D eigenvalue weighted by Gasteiger charge is 2.14. The van der Waals surface area contributed by atoms with Crippen molar-refractivity contribution in [2.45, 2.75) is 19.3 Å². The fourth-order valence-corrected chi connectivity index (χ4v) is 3.18. The third-order valence-electron chi connectivity index (χ3n) is 4.22. The fraction of sp³-hybridized carbons (Fsp3) is 0.278. The molecule has 0 amide bonds. The number of rotatable bonds is 1. The lowest BCUT2D eigenvalue weighted by atomic mass is 10.1. The second kappa shape index (κ2) is 4.78. The number of hydrogen-bond donors (Lipinski definition) is 0. The molecule has 2 nitrogen and oxygen atoms in total. The van der Waals surface area contributed by atoms with Gasteiger partial charge in [-0.2, -0.15) is 0 Å². The molecule has 0 unspecified atom stereocenters. The first-order valence-corrected chi connectivity index (χ1v) is 7.45. The van der Waals surface area contributed by atoms with E-state index in [-0.39, 0.29) is 0 Å². The van der Waals surface area contributed by atoms with Crippen molar-refractivity contribution in [2.24, 2.45) is 0 Å². The average molecular weight is 262 g/mol. The third-order valence-corrected chi connectivity index (χ3v) is 4.22. The van der Waals surface area contributed by atoms with Crippen LogP contribution >= 0.6 is 0 Å². The maximum Gasteiger partial charge on any atom is 0.0943 e. The molecule has 1 saturated heterocycles. The Morgan fingerprint density at radius 1 is 0.800 bits per heavy atom. The van der Waals surface area contributed by atoms with Gasteiger partial charge in [-0.05, 0) is 37.5 Å². The summed E-state index contributed by atoms with van der Waals surface area (Å²) in [7, 11) is 0. The number of fused-ring (bicyclic) bond motifs is 2. The van der Waals surface area contributed by atoms with Gasteiger partial charge in [0.2, 0.25) is 0 Å². The second-order valence-corrected chi connectivity index (χ2v) is 5.58. The van der Waals surface area contributed by atoms with E-state index in [4.69, 9.17) is 4.98 Å². The van der Waals surface area contributed by atoms with Crippen molar-refractivity contribution >= 4 is 27.5 Å². The molecule has 0 saturated carbocycles. The molecule has 2 heteroatoms. The Morgan fingerprint density at radius 2 is 1.60 bits per heavy atom. The number of para-hydroxylation sites is 2. The quantitative estimate of drug-likeness (QED) is 0.605. The SMILES string of the molecule is c1ccc2nc3c(N4CCCCC4)cccc3cc2c1. The summed E-state index contributed by atoms with van der Waals surface area (Å²) in [4.78, 5) is 7.40. The van der Waals surface area contributed by atoms with Gasteiger partial charge >= 0.3 is 0 Å². The summed E-state index contributed by atoms with van der Waals surface area (Å²) < 4.78 is 0. The van der Waals surface area contributed by atoms with Crippen LogP contribution in [0.5, 0.6) is 0 Å². The molecule has 0 bridgehead atoms. The van der Waals surface area contributed by atoms with Gasteiger partial charge in [0.1, 0.15) is 0 Å². The summed E-state index contributed by atoms with van der Waals surface area (Å²) in [6, 6.07) is 17.2. The van der Waals surface area contributed by atoms with Crippen molar-refractivity contribution in [1.29, 1.82) is 0 Å². The summed E-state index contributed by atoms with van der Waals surface area (Å²) in [6.45, 7) is 2.32. The lowest BCUT2D eigenvalue weighted by molar-refractivity contribution is 0.579. The van der Waals surface area contributed by atoms with Crippen LogP contribution in [-0.2, 0) is 0 Å². The first kappa shape index (κ1) is 11.7. The van der Waals surface area contributed by atoms with Crippen molar-refractivity contribution in [3.8, 4) is 0 Å². The Kier molecular flexibility index (Phi) is 2.80. The van der Waals surface area contributed by atoms with Crippen LogP contribution in [-0.4, -0.2) is 18.1 Å². The predicted octanol–water partition coefficient (Wildman–Crippen LogP) is 4.38. The molecule has 2 heterocycles. The average Bonchev–Trinajstić information content (AvgIpc) is 2.53. The molecule has 0 spiro atoms. The van der Waals surface area contributed by atoms with Gasteiger partial charge in [-0.3, -0.25) is 0 Å². The van der Waals surface area contributed by atoms with Crippen LogP contribution in [0.3, 0.4) is 0 Å². The zero-order valence-electron chi connectivity index (χ0n) is 11.5. The summed E-state index contributed by atoms with van der Waals surface area (Å²) in [5.41, 5.74) is 3.53. The highest BCUT2D eigenvalue weighted by atomic mass is 15.1. The van der Waals surface area contributed by atoms with Crippen LogP contribution in [0.1, 0.15) is 19.3 Å². The van der Waals surface area contributed by atoms with E-state index in [2.05, 4.69) is 53.4 Å². The minimum atomic E-state index is 1.09. The Bertz CT molecular complexity index is 758. The summed E-state index contributed by atoms with van der Waals surface area (Å²) in [6.07, 6.45) is 3.95. The summed E-state index contributed by atoms with van der Waals surface area (Å²) >= 11 is 0. The van der Waals surface area contributed by atoms with Crippen molar-refractivity contribution in [1.82, 2.24) is 4.98 Å². The normalized spacial score (nSPS) is 15.9. The van der Waals surface area contributed by atoms with E-state index < -0.39 is 0 Å². The Labute approximate surface area is 119 Å². The molecule has 2 aromatic carbocycles. The van der Waals surface area contributed by atoms with E-state index in [0.717, 1.165) is 24.1 Å². The van der Waals surface area contributed by atoms with Crippen molar-refractivity contribution in [2.75, 3.05) is 18.0 Å². The van der Waals surface area contributed by atoms with E-state index in [1.807, 2.05) is 0 Å². The van der Waals surface area contributed by atoms with Gasteiger partial charge in [0.05, 0.1) is 16.7 Å². The summed E-state index contributed by atoms with van der Waals surface area (Å²) in [5, 5.41) is 2.46. The molecule has 0 N–H and O–H groups in total.